The number of H-pyrrole nitrogens is 1. The lowest BCUT2D eigenvalue weighted by Crippen LogP contribution is -2.49. The first-order valence-corrected chi connectivity index (χ1v) is 9.34. The summed E-state index contributed by atoms with van der Waals surface area (Å²) in [6.45, 7) is 1.67. The average molecular weight is 316 g/mol. The van der Waals surface area contributed by atoms with E-state index in [0.717, 1.165) is 50.0 Å². The first-order chi connectivity index (χ1) is 11.3. The summed E-state index contributed by atoms with van der Waals surface area (Å²) in [5.41, 5.74) is 0. The molecule has 1 aromatic rings. The van der Waals surface area contributed by atoms with Crippen LogP contribution in [0.2, 0.25) is 0 Å². The number of urea groups is 1. The number of hydrogen-bond donors (Lipinski definition) is 2. The maximum absolute atomic E-state index is 12.7. The molecule has 2 aliphatic carbocycles. The molecule has 0 aromatic carbocycles. The van der Waals surface area contributed by atoms with Crippen LogP contribution in [0.3, 0.4) is 0 Å². The van der Waals surface area contributed by atoms with Crippen LogP contribution in [-0.4, -0.2) is 40.0 Å². The number of imidazole rings is 1. The molecule has 3 unspecified atom stereocenters. The highest BCUT2D eigenvalue weighted by Crippen LogP contribution is 2.43. The third kappa shape index (κ3) is 3.54. The largest absolute Gasteiger partial charge is 0.348 e. The van der Waals surface area contributed by atoms with Gasteiger partial charge in [-0.1, -0.05) is 12.8 Å². The smallest absolute Gasteiger partial charge is 0.317 e. The Morgan fingerprint density at radius 3 is 2.87 bits per heavy atom. The first kappa shape index (κ1) is 15.0. The summed E-state index contributed by atoms with van der Waals surface area (Å²) < 4.78 is 0. The number of likely N-dealkylation sites (tertiary alicyclic amines) is 1. The van der Waals surface area contributed by atoms with Gasteiger partial charge in [-0.25, -0.2) is 9.78 Å². The maximum atomic E-state index is 12.7. The van der Waals surface area contributed by atoms with Gasteiger partial charge in [-0.15, -0.1) is 0 Å². The number of nitrogens with zero attached hydrogens (tertiary/aromatic N) is 2. The fourth-order valence-corrected chi connectivity index (χ4v) is 4.51. The number of carbonyl (C=O) groups is 1. The van der Waals surface area contributed by atoms with Gasteiger partial charge < -0.3 is 15.2 Å². The Morgan fingerprint density at radius 2 is 2.09 bits per heavy atom. The van der Waals surface area contributed by atoms with Gasteiger partial charge in [0.15, 0.2) is 0 Å². The number of aromatic nitrogens is 2. The molecule has 1 saturated heterocycles. The first-order valence-electron chi connectivity index (χ1n) is 9.34. The molecule has 3 atom stereocenters. The standard InChI is InChI=1S/C18H28N4O/c23-18(21-16-5-1-3-14(11-16)13-6-7-13)22-10-2-4-15(12-22)17-19-8-9-20-17/h8-9,13-16H,1-7,10-12H2,(H,19,20)(H,21,23). The lowest BCUT2D eigenvalue weighted by molar-refractivity contribution is 0.166. The van der Waals surface area contributed by atoms with Crippen molar-refractivity contribution in [2.75, 3.05) is 13.1 Å². The van der Waals surface area contributed by atoms with Crippen LogP contribution in [0.1, 0.15) is 63.1 Å². The highest BCUT2D eigenvalue weighted by molar-refractivity contribution is 5.74. The zero-order chi connectivity index (χ0) is 15.6. The molecule has 4 rings (SSSR count). The fourth-order valence-electron chi connectivity index (χ4n) is 4.51. The second-order valence-corrected chi connectivity index (χ2v) is 7.67. The molecule has 2 saturated carbocycles. The summed E-state index contributed by atoms with van der Waals surface area (Å²) in [4.78, 5) is 22.2. The topological polar surface area (TPSA) is 61.0 Å². The SMILES string of the molecule is O=C(NC1CCCC(C2CC2)C1)N1CCCC(c2ncc[nH]2)C1. The molecule has 2 amide bonds. The van der Waals surface area contributed by atoms with Gasteiger partial charge in [0.1, 0.15) is 5.82 Å². The lowest BCUT2D eigenvalue weighted by atomic mass is 9.83. The Hall–Kier alpha value is -1.52. The van der Waals surface area contributed by atoms with E-state index >= 15 is 0 Å². The van der Waals surface area contributed by atoms with E-state index in [9.17, 15) is 4.79 Å². The van der Waals surface area contributed by atoms with Crippen LogP contribution in [0, 0.1) is 11.8 Å². The molecule has 0 bridgehead atoms. The zero-order valence-electron chi connectivity index (χ0n) is 13.8. The molecule has 1 aliphatic heterocycles. The third-order valence-electron chi connectivity index (χ3n) is 5.95. The molecule has 5 heteroatoms. The van der Waals surface area contributed by atoms with Crippen molar-refractivity contribution < 1.29 is 4.79 Å². The molecule has 5 nitrogen and oxygen atoms in total. The minimum absolute atomic E-state index is 0.141. The molecule has 3 aliphatic rings. The minimum atomic E-state index is 0.141. The summed E-state index contributed by atoms with van der Waals surface area (Å²) in [6.07, 6.45) is 13.7. The van der Waals surface area contributed by atoms with Crippen molar-refractivity contribution in [1.82, 2.24) is 20.2 Å². The number of amides is 2. The maximum Gasteiger partial charge on any atom is 0.317 e. The van der Waals surface area contributed by atoms with Crippen molar-refractivity contribution >= 4 is 6.03 Å². The van der Waals surface area contributed by atoms with Gasteiger partial charge in [0.25, 0.3) is 0 Å². The molecule has 1 aromatic heterocycles. The molecular weight excluding hydrogens is 288 g/mol. The van der Waals surface area contributed by atoms with Crippen LogP contribution >= 0.6 is 0 Å². The quantitative estimate of drug-likeness (QED) is 0.899. The summed E-state index contributed by atoms with van der Waals surface area (Å²) in [6, 6.07) is 0.536. The predicted molar refractivity (Wildman–Crippen MR) is 89.1 cm³/mol. The molecule has 23 heavy (non-hydrogen) atoms. The van der Waals surface area contributed by atoms with Crippen LogP contribution in [0.15, 0.2) is 12.4 Å². The van der Waals surface area contributed by atoms with E-state index in [0.29, 0.717) is 12.0 Å². The normalized spacial score (nSPS) is 31.8. The average Bonchev–Trinajstić information content (AvgIpc) is 3.30. The zero-order valence-corrected chi connectivity index (χ0v) is 13.8. The van der Waals surface area contributed by atoms with Crippen molar-refractivity contribution in [2.45, 2.75) is 63.3 Å². The number of rotatable bonds is 3. The minimum Gasteiger partial charge on any atom is -0.348 e. The van der Waals surface area contributed by atoms with Crippen LogP contribution < -0.4 is 5.32 Å². The number of aromatic amines is 1. The number of piperidine rings is 1. The van der Waals surface area contributed by atoms with Crippen molar-refractivity contribution in [1.29, 1.82) is 0 Å². The van der Waals surface area contributed by atoms with Crippen molar-refractivity contribution in [3.63, 3.8) is 0 Å². The summed E-state index contributed by atoms with van der Waals surface area (Å²) in [5.74, 6) is 3.21. The molecule has 2 heterocycles. The Balaban J connectivity index is 1.31. The van der Waals surface area contributed by atoms with Gasteiger partial charge >= 0.3 is 6.03 Å². The van der Waals surface area contributed by atoms with E-state index in [1.54, 1.807) is 6.20 Å². The van der Waals surface area contributed by atoms with E-state index in [-0.39, 0.29) is 6.03 Å². The molecular formula is C18H28N4O. The van der Waals surface area contributed by atoms with Gasteiger partial charge in [-0.3, -0.25) is 0 Å². The third-order valence-corrected chi connectivity index (χ3v) is 5.95. The number of nitrogens with one attached hydrogen (secondary N) is 2. The van der Waals surface area contributed by atoms with Gasteiger partial charge in [0, 0.05) is 37.4 Å². The van der Waals surface area contributed by atoms with Crippen molar-refractivity contribution in [3.05, 3.63) is 18.2 Å². The highest BCUT2D eigenvalue weighted by atomic mass is 16.2. The Kier molecular flexibility index (Phi) is 4.27. The van der Waals surface area contributed by atoms with Gasteiger partial charge in [-0.05, 0) is 50.4 Å². The lowest BCUT2D eigenvalue weighted by Gasteiger charge is -2.35. The van der Waals surface area contributed by atoms with Gasteiger partial charge in [0.05, 0.1) is 0 Å². The molecule has 126 valence electrons. The monoisotopic (exact) mass is 316 g/mol. The van der Waals surface area contributed by atoms with E-state index < -0.39 is 0 Å². The molecule has 0 radical (unpaired) electrons. The fraction of sp³-hybridized carbons (Fsp3) is 0.778. The number of hydrogen-bond acceptors (Lipinski definition) is 2. The van der Waals surface area contributed by atoms with Crippen LogP contribution in [-0.2, 0) is 0 Å². The van der Waals surface area contributed by atoms with Crippen molar-refractivity contribution in [3.8, 4) is 0 Å². The van der Waals surface area contributed by atoms with E-state index in [2.05, 4.69) is 15.3 Å². The van der Waals surface area contributed by atoms with E-state index in [4.69, 9.17) is 0 Å². The highest BCUT2D eigenvalue weighted by Gasteiger charge is 2.35. The van der Waals surface area contributed by atoms with Crippen LogP contribution in [0.4, 0.5) is 4.79 Å². The van der Waals surface area contributed by atoms with Crippen molar-refractivity contribution in [2.24, 2.45) is 11.8 Å². The summed E-state index contributed by atoms with van der Waals surface area (Å²) in [5, 5.41) is 3.32. The Bertz CT molecular complexity index is 525. The van der Waals surface area contributed by atoms with E-state index in [1.165, 1.54) is 32.1 Å². The molecule has 3 fully saturated rings. The Labute approximate surface area is 138 Å². The molecule has 2 N–H and O–H groups in total. The van der Waals surface area contributed by atoms with Gasteiger partial charge in [-0.2, -0.15) is 0 Å². The summed E-state index contributed by atoms with van der Waals surface area (Å²) >= 11 is 0. The second-order valence-electron chi connectivity index (χ2n) is 7.67. The number of carbonyl (C=O) groups excluding carboxylic acids is 1. The summed E-state index contributed by atoms with van der Waals surface area (Å²) in [7, 11) is 0. The predicted octanol–water partition coefficient (Wildman–Crippen LogP) is 3.27. The van der Waals surface area contributed by atoms with Gasteiger partial charge in [0.2, 0.25) is 0 Å². The second kappa shape index (κ2) is 6.54. The van der Waals surface area contributed by atoms with Crippen LogP contribution in [0.5, 0.6) is 0 Å². The van der Waals surface area contributed by atoms with Crippen LogP contribution in [0.25, 0.3) is 0 Å². The Morgan fingerprint density at radius 1 is 1.17 bits per heavy atom. The molecule has 0 spiro atoms. The van der Waals surface area contributed by atoms with E-state index in [1.807, 2.05) is 11.1 Å².